The summed E-state index contributed by atoms with van der Waals surface area (Å²) in [6, 6.07) is 45.2. The molecule has 0 saturated heterocycles. The Morgan fingerprint density at radius 3 is 1.39 bits per heavy atom. The summed E-state index contributed by atoms with van der Waals surface area (Å²) in [7, 11) is -0.644. The second-order valence-corrected chi connectivity index (χ2v) is 30.0. The normalized spacial score (nSPS) is 17.3. The third-order valence-electron chi connectivity index (χ3n) is 13.4. The standard InChI is InChI=1S/2C21H23.C12H9Si.Hf/c2*1-14-8-6-10-18(15(14)2)19-11-7-9-16-12-17(13-20(16)19)21(3,4)5;1-3-7-11-9(5-1)10-6-2-4-8-12(10)13-11;/h2*6-13H,1-5H3;1-7H,13H2;. The van der Waals surface area contributed by atoms with Gasteiger partial charge in [0.05, 0.1) is 0 Å². The van der Waals surface area contributed by atoms with Crippen LogP contribution < -0.4 is 13.7 Å². The van der Waals surface area contributed by atoms with Crippen molar-refractivity contribution in [2.75, 3.05) is 0 Å². The zero-order chi connectivity index (χ0) is 39.3. The van der Waals surface area contributed by atoms with E-state index in [4.69, 9.17) is 0 Å². The number of hydrogen-bond donors (Lipinski definition) is 0. The second kappa shape index (κ2) is 13.8. The number of hydrogen-bond acceptors (Lipinski definition) is 0. The van der Waals surface area contributed by atoms with E-state index in [-0.39, 0.29) is 10.8 Å². The Hall–Kier alpha value is -4.11. The minimum absolute atomic E-state index is 0.0183. The maximum absolute atomic E-state index is 3.24. The van der Waals surface area contributed by atoms with Crippen LogP contribution in [0.15, 0.2) is 126 Å². The summed E-state index contributed by atoms with van der Waals surface area (Å²) in [6.45, 7) is 24.1. The molecule has 2 aliphatic carbocycles. The van der Waals surface area contributed by atoms with E-state index in [0.717, 1.165) is 0 Å². The third-order valence-corrected chi connectivity index (χ3v) is 29.7. The van der Waals surface area contributed by atoms with Crippen LogP contribution in [0.5, 0.6) is 0 Å². The molecular formula is C54H55HfSi. The SMILES string of the molecule is Cc1cccc(-c2cccc3c2C=C(C(C)(C)C)[CH]3[Hf]([c]2cccc3c2[SiH2]c2ccccc2-3)[CH]2C(C(C)(C)C)=Cc3c(-c4cccc(C)c4C)cccc32)c1C. The van der Waals surface area contributed by atoms with Gasteiger partial charge in [0.15, 0.2) is 0 Å². The van der Waals surface area contributed by atoms with Crippen molar-refractivity contribution in [2.45, 2.75) is 76.6 Å². The molecule has 0 nitrogen and oxygen atoms in total. The molecule has 2 atom stereocenters. The quantitative estimate of drug-likeness (QED) is 0.151. The van der Waals surface area contributed by atoms with Crippen LogP contribution in [0.2, 0.25) is 0 Å². The minimum atomic E-state index is -3.24. The van der Waals surface area contributed by atoms with Gasteiger partial charge in [0.25, 0.3) is 0 Å². The average Bonchev–Trinajstić information content (AvgIpc) is 3.87. The fourth-order valence-electron chi connectivity index (χ4n) is 10.2. The molecule has 0 N–H and O–H groups in total. The predicted octanol–water partition coefficient (Wildman–Crippen LogP) is 12.0. The second-order valence-electron chi connectivity index (χ2n) is 18.8. The molecule has 1 aliphatic heterocycles. The van der Waals surface area contributed by atoms with Crippen LogP contribution in [-0.2, 0) is 21.4 Å². The maximum atomic E-state index is 2.68. The van der Waals surface area contributed by atoms with Gasteiger partial charge in [-0.2, -0.15) is 0 Å². The van der Waals surface area contributed by atoms with E-state index in [2.05, 4.69) is 197 Å². The summed E-state index contributed by atoms with van der Waals surface area (Å²) < 4.78 is 2.64. The van der Waals surface area contributed by atoms with Crippen molar-refractivity contribution in [2.24, 2.45) is 10.8 Å². The van der Waals surface area contributed by atoms with Crippen LogP contribution in [0, 0.1) is 38.5 Å². The molecule has 0 amide bonds. The van der Waals surface area contributed by atoms with Crippen LogP contribution >= 0.6 is 0 Å². The van der Waals surface area contributed by atoms with Crippen molar-refractivity contribution in [1.29, 1.82) is 0 Å². The summed E-state index contributed by atoms with van der Waals surface area (Å²) in [5.74, 6) is 0. The number of aryl methyl sites for hydroxylation is 2. The Morgan fingerprint density at radius 1 is 0.446 bits per heavy atom. The van der Waals surface area contributed by atoms with E-state index >= 15 is 0 Å². The van der Waals surface area contributed by atoms with Gasteiger partial charge in [-0.1, -0.05) is 0 Å². The van der Waals surface area contributed by atoms with Gasteiger partial charge >= 0.3 is 349 Å². The number of allylic oxidation sites excluding steroid dienone is 2. The first kappa shape index (κ1) is 37.5. The summed E-state index contributed by atoms with van der Waals surface area (Å²) in [4.78, 5) is 0. The van der Waals surface area contributed by atoms with E-state index in [1.165, 1.54) is 66.8 Å². The van der Waals surface area contributed by atoms with Crippen molar-refractivity contribution in [3.8, 4) is 33.4 Å². The van der Waals surface area contributed by atoms with Gasteiger partial charge in [-0.05, 0) is 0 Å². The van der Waals surface area contributed by atoms with Crippen LogP contribution in [-0.4, -0.2) is 9.52 Å². The van der Waals surface area contributed by atoms with Crippen LogP contribution in [0.4, 0.5) is 0 Å². The van der Waals surface area contributed by atoms with Crippen molar-refractivity contribution >= 4 is 35.4 Å². The first-order chi connectivity index (χ1) is 26.7. The predicted molar refractivity (Wildman–Crippen MR) is 242 cm³/mol. The van der Waals surface area contributed by atoms with Crippen LogP contribution in [0.1, 0.15) is 93.4 Å². The van der Waals surface area contributed by atoms with E-state index in [1.54, 1.807) is 36.0 Å². The van der Waals surface area contributed by atoms with Gasteiger partial charge in [0.1, 0.15) is 0 Å². The Kier molecular flexibility index (Phi) is 9.21. The molecule has 6 aromatic carbocycles. The van der Waals surface area contributed by atoms with Crippen LogP contribution in [0.3, 0.4) is 0 Å². The fraction of sp³-hybridized carbons (Fsp3) is 0.259. The monoisotopic (exact) mass is 911 g/mol. The van der Waals surface area contributed by atoms with E-state index in [9.17, 15) is 0 Å². The van der Waals surface area contributed by atoms with Gasteiger partial charge in [-0.25, -0.2) is 0 Å². The molecule has 0 radical (unpaired) electrons. The number of fused-ring (bicyclic) bond motifs is 5. The Labute approximate surface area is 346 Å². The van der Waals surface area contributed by atoms with Gasteiger partial charge in [-0.3, -0.25) is 0 Å². The summed E-state index contributed by atoms with van der Waals surface area (Å²) in [6.07, 6.45) is 5.36. The van der Waals surface area contributed by atoms with Gasteiger partial charge < -0.3 is 0 Å². The molecule has 2 unspecified atom stereocenters. The summed E-state index contributed by atoms with van der Waals surface area (Å²) in [5, 5.41) is 3.36. The molecule has 279 valence electrons. The first-order valence-corrected chi connectivity index (χ1v) is 28.0. The molecule has 56 heavy (non-hydrogen) atoms. The number of benzene rings is 6. The fourth-order valence-corrected chi connectivity index (χ4v) is 31.3. The van der Waals surface area contributed by atoms with Crippen molar-refractivity contribution in [1.82, 2.24) is 0 Å². The molecule has 0 spiro atoms. The summed E-state index contributed by atoms with van der Waals surface area (Å²) >= 11 is -3.24. The molecule has 0 aromatic heterocycles. The Balaban J connectivity index is 1.35. The molecule has 9 rings (SSSR count). The van der Waals surface area contributed by atoms with Gasteiger partial charge in [-0.15, -0.1) is 0 Å². The molecule has 6 aromatic rings. The Bertz CT molecular complexity index is 2500. The number of rotatable bonds is 5. The molecule has 2 heteroatoms. The summed E-state index contributed by atoms with van der Waals surface area (Å²) in [5.41, 5.74) is 23.5. The first-order valence-electron chi connectivity index (χ1n) is 20.6. The molecule has 3 aliphatic rings. The molecule has 1 heterocycles. The molecular weight excluding hydrogens is 855 g/mol. The molecule has 0 saturated carbocycles. The van der Waals surface area contributed by atoms with Gasteiger partial charge in [0.2, 0.25) is 0 Å². The van der Waals surface area contributed by atoms with E-state index in [0.29, 0.717) is 7.35 Å². The zero-order valence-electron chi connectivity index (χ0n) is 35.0. The van der Waals surface area contributed by atoms with Crippen molar-refractivity contribution < 1.29 is 21.4 Å². The van der Waals surface area contributed by atoms with Crippen molar-refractivity contribution in [3.05, 3.63) is 171 Å². The molecule has 0 bridgehead atoms. The van der Waals surface area contributed by atoms with Crippen molar-refractivity contribution in [3.63, 3.8) is 0 Å². The van der Waals surface area contributed by atoms with E-state index < -0.39 is 31.0 Å². The van der Waals surface area contributed by atoms with Gasteiger partial charge in [0, 0.05) is 0 Å². The van der Waals surface area contributed by atoms with E-state index in [1.807, 2.05) is 0 Å². The average molecular weight is 911 g/mol. The topological polar surface area (TPSA) is 0 Å². The zero-order valence-corrected chi connectivity index (χ0v) is 40.0. The third kappa shape index (κ3) is 6.01. The molecule has 0 fully saturated rings. The van der Waals surface area contributed by atoms with Crippen LogP contribution in [0.25, 0.3) is 45.5 Å². The Morgan fingerprint density at radius 2 is 0.875 bits per heavy atom.